The van der Waals surface area contributed by atoms with Gasteiger partial charge in [0.25, 0.3) is 14.1 Å². The van der Waals surface area contributed by atoms with Gasteiger partial charge in [0.1, 0.15) is 0 Å². The van der Waals surface area contributed by atoms with Gasteiger partial charge in [0.15, 0.2) is 0 Å². The molecule has 0 saturated carbocycles. The van der Waals surface area contributed by atoms with E-state index in [4.69, 9.17) is 0 Å². The van der Waals surface area contributed by atoms with Gasteiger partial charge in [0, 0.05) is 0 Å². The summed E-state index contributed by atoms with van der Waals surface area (Å²) < 4.78 is 0. The Bertz CT molecular complexity index is 27.3. The van der Waals surface area contributed by atoms with Crippen molar-refractivity contribution < 1.29 is 0 Å². The van der Waals surface area contributed by atoms with E-state index in [1.807, 2.05) is 0 Å². The van der Waals surface area contributed by atoms with E-state index in [1.165, 1.54) is 10.6 Å². The Hall–Kier alpha value is 0.822. The van der Waals surface area contributed by atoms with Crippen LogP contribution in [0.1, 0.15) is 13.8 Å². The van der Waals surface area contributed by atoms with E-state index in [9.17, 15) is 0 Å². The third-order valence-corrected chi connectivity index (χ3v) is 4.18. The minimum absolute atomic E-state index is 0. The van der Waals surface area contributed by atoms with Crippen molar-refractivity contribution in [1.82, 2.24) is 0 Å². The molecule has 2 heteroatoms. The summed E-state index contributed by atoms with van der Waals surface area (Å²) in [7, 11) is 0. The molecule has 0 atom stereocenters. The summed E-state index contributed by atoms with van der Waals surface area (Å²) in [6.07, 6.45) is 0. The van der Waals surface area contributed by atoms with E-state index in [2.05, 4.69) is 19.6 Å². The van der Waals surface area contributed by atoms with Gasteiger partial charge < -0.3 is 0 Å². The lowest BCUT2D eigenvalue weighted by Gasteiger charge is -1.90. The van der Waals surface area contributed by atoms with Crippen LogP contribution in [0.25, 0.3) is 0 Å². The van der Waals surface area contributed by atoms with Crippen LogP contribution >= 0.6 is 12.4 Å². The number of halogens is 1. The van der Waals surface area contributed by atoms with Gasteiger partial charge in [-0.1, -0.05) is 24.4 Å². The Kier molecular flexibility index (Phi) is 10.5. The molecule has 0 saturated heterocycles. The summed E-state index contributed by atoms with van der Waals surface area (Å²) in [5, 5.41) is 2.94. The Balaban J connectivity index is 0. The molecule has 44 valence electrons. The fourth-order valence-electron chi connectivity index (χ4n) is 0.289. The first-order valence-corrected chi connectivity index (χ1v) is 5.60. The highest BCUT2D eigenvalue weighted by atomic mass is 35.5. The molecule has 0 rings (SSSR count). The fraction of sp³-hybridized carbons (Fsp3) is 1.00. The van der Waals surface area contributed by atoms with Gasteiger partial charge in [-0.25, -0.2) is 0 Å². The molecule has 0 radical (unpaired) electrons. The largest absolute Gasteiger partial charge is 0.257 e. The van der Waals surface area contributed by atoms with E-state index in [0.29, 0.717) is 0 Å². The van der Waals surface area contributed by atoms with Crippen molar-refractivity contribution >= 4 is 26.6 Å². The van der Waals surface area contributed by atoms with Gasteiger partial charge >= 0.3 is 0 Å². The maximum atomic E-state index is 2.42. The Labute approximate surface area is 57.1 Å². The van der Waals surface area contributed by atoms with Crippen molar-refractivity contribution in [2.75, 3.05) is 0 Å². The molecule has 0 nitrogen and oxygen atoms in total. The molecule has 0 aromatic carbocycles. The van der Waals surface area contributed by atoms with Crippen molar-refractivity contribution in [2.24, 2.45) is 0 Å². The second-order valence-corrected chi connectivity index (χ2v) is 5.77. The van der Waals surface area contributed by atoms with Crippen LogP contribution in [-0.4, -0.2) is 14.1 Å². The van der Waals surface area contributed by atoms with Crippen LogP contribution in [-0.2, 0) is 0 Å². The average molecular weight is 137 g/mol. The zero-order valence-corrected chi connectivity index (χ0v) is 7.37. The van der Waals surface area contributed by atoms with E-state index in [0.717, 1.165) is 0 Å². The summed E-state index contributed by atoms with van der Waals surface area (Å²) in [6.45, 7) is 4.58. The first-order valence-electron chi connectivity index (χ1n) is 2.81. The van der Waals surface area contributed by atoms with Crippen LogP contribution in [0.4, 0.5) is 0 Å². The number of hydrogen-bond acceptors (Lipinski definition) is 0. The molecule has 0 unspecified atom stereocenters. The average Bonchev–Trinajstić information content (AvgIpc) is 1.65. The summed E-state index contributed by atoms with van der Waals surface area (Å²) >= 11 is -0.160. The van der Waals surface area contributed by atoms with E-state index < -0.39 is 0 Å². The SMILES string of the molecule is C[CH2][Al]([CH3])[CH2]C.Cl. The molecule has 0 aromatic rings. The smallest absolute Gasteiger partial charge is 0.147 e. The molecule has 0 heterocycles. The van der Waals surface area contributed by atoms with E-state index in [1.54, 1.807) is 0 Å². The van der Waals surface area contributed by atoms with Crippen LogP contribution in [0.2, 0.25) is 16.4 Å². The van der Waals surface area contributed by atoms with Crippen molar-refractivity contribution in [2.45, 2.75) is 30.2 Å². The van der Waals surface area contributed by atoms with Crippen molar-refractivity contribution in [3.63, 3.8) is 0 Å². The topological polar surface area (TPSA) is 0 Å². The van der Waals surface area contributed by atoms with Crippen LogP contribution in [0.3, 0.4) is 0 Å². The molecule has 0 bridgehead atoms. The number of hydrogen-bond donors (Lipinski definition) is 0. The number of rotatable bonds is 2. The van der Waals surface area contributed by atoms with E-state index >= 15 is 0 Å². The zero-order chi connectivity index (χ0) is 4.99. The van der Waals surface area contributed by atoms with Gasteiger partial charge in [0.05, 0.1) is 0 Å². The highest BCUT2D eigenvalue weighted by Crippen LogP contribution is 1.93. The van der Waals surface area contributed by atoms with Gasteiger partial charge in [0.2, 0.25) is 0 Å². The lowest BCUT2D eigenvalue weighted by Crippen LogP contribution is -1.99. The lowest BCUT2D eigenvalue weighted by atomic mass is 10.9. The summed E-state index contributed by atoms with van der Waals surface area (Å²) in [6, 6.07) is 0. The predicted octanol–water partition coefficient (Wildman–Crippen LogP) is 2.57. The molecular formula is C5H14AlCl. The molecule has 0 N–H and O–H groups in total. The van der Waals surface area contributed by atoms with E-state index in [-0.39, 0.29) is 26.6 Å². The summed E-state index contributed by atoms with van der Waals surface area (Å²) in [5.41, 5.74) is 0. The standard InChI is InChI=1S/2C2H5.CH3.Al.ClH/c2*1-2;;;/h2*1H2,2H3;1H3;;1H. The molecule has 0 aromatic heterocycles. The van der Waals surface area contributed by atoms with Gasteiger partial charge in [-0.05, 0) is 0 Å². The van der Waals surface area contributed by atoms with Gasteiger partial charge in [-0.15, -0.1) is 18.2 Å². The highest BCUT2D eigenvalue weighted by molar-refractivity contribution is 6.56. The maximum Gasteiger partial charge on any atom is 0.257 e. The van der Waals surface area contributed by atoms with Crippen LogP contribution in [0.5, 0.6) is 0 Å². The first kappa shape index (κ1) is 10.7. The minimum atomic E-state index is -0.160. The van der Waals surface area contributed by atoms with Crippen molar-refractivity contribution in [3.05, 3.63) is 0 Å². The fourth-order valence-corrected chi connectivity index (χ4v) is 0.866. The third-order valence-electron chi connectivity index (χ3n) is 1.39. The molecular weight excluding hydrogens is 122 g/mol. The lowest BCUT2D eigenvalue weighted by molar-refractivity contribution is 1.31. The highest BCUT2D eigenvalue weighted by Gasteiger charge is 1.99. The predicted molar refractivity (Wildman–Crippen MR) is 39.8 cm³/mol. The zero-order valence-electron chi connectivity index (χ0n) is 5.40. The van der Waals surface area contributed by atoms with Gasteiger partial charge in [-0.2, -0.15) is 0 Å². The Morgan fingerprint density at radius 3 is 1.43 bits per heavy atom. The second-order valence-electron chi connectivity index (χ2n) is 1.92. The molecule has 0 spiro atoms. The molecule has 0 aliphatic heterocycles. The quantitative estimate of drug-likeness (QED) is 0.512. The third kappa shape index (κ3) is 6.82. The monoisotopic (exact) mass is 136 g/mol. The Morgan fingerprint density at radius 2 is 1.43 bits per heavy atom. The molecule has 0 amide bonds. The van der Waals surface area contributed by atoms with Crippen molar-refractivity contribution in [3.8, 4) is 0 Å². The van der Waals surface area contributed by atoms with Gasteiger partial charge in [-0.3, -0.25) is 0 Å². The second kappa shape index (κ2) is 6.82. The van der Waals surface area contributed by atoms with Crippen molar-refractivity contribution in [1.29, 1.82) is 0 Å². The van der Waals surface area contributed by atoms with Crippen LogP contribution < -0.4 is 0 Å². The van der Waals surface area contributed by atoms with Crippen LogP contribution in [0, 0.1) is 0 Å². The summed E-state index contributed by atoms with van der Waals surface area (Å²) in [5.74, 6) is 2.42. The summed E-state index contributed by atoms with van der Waals surface area (Å²) in [4.78, 5) is 0. The first-order chi connectivity index (χ1) is 2.81. The molecule has 0 aliphatic carbocycles. The Morgan fingerprint density at radius 1 is 1.14 bits per heavy atom. The normalized spacial score (nSPS) is 7.29. The minimum Gasteiger partial charge on any atom is -0.147 e. The molecule has 0 fully saturated rings. The maximum absolute atomic E-state index is 2.42. The van der Waals surface area contributed by atoms with Crippen LogP contribution in [0.15, 0.2) is 0 Å². The molecule has 7 heavy (non-hydrogen) atoms. The molecule has 0 aliphatic rings.